The van der Waals surface area contributed by atoms with Gasteiger partial charge in [0.1, 0.15) is 23.4 Å². The molecule has 3 amide bonds. The molecule has 0 aliphatic carbocycles. The van der Waals surface area contributed by atoms with E-state index in [0.717, 1.165) is 12.1 Å². The van der Waals surface area contributed by atoms with Crippen LogP contribution in [0.3, 0.4) is 0 Å². The monoisotopic (exact) mass is 605 g/mol. The van der Waals surface area contributed by atoms with Crippen LogP contribution in [0.4, 0.5) is 18.9 Å². The van der Waals surface area contributed by atoms with Gasteiger partial charge in [0.05, 0.1) is 12.0 Å². The van der Waals surface area contributed by atoms with Gasteiger partial charge in [0, 0.05) is 36.0 Å². The Balaban J connectivity index is 1.88. The predicted molar refractivity (Wildman–Crippen MR) is 148 cm³/mol. The van der Waals surface area contributed by atoms with Crippen molar-refractivity contribution in [1.82, 2.24) is 10.6 Å². The van der Waals surface area contributed by atoms with Gasteiger partial charge in [-0.15, -0.1) is 0 Å². The molecule has 14 heteroatoms. The van der Waals surface area contributed by atoms with Crippen LogP contribution in [0.2, 0.25) is 0 Å². The molecule has 0 saturated carbocycles. The number of carboxylic acids is 1. The van der Waals surface area contributed by atoms with E-state index in [1.54, 1.807) is 13.8 Å². The average molecular weight is 606 g/mol. The summed E-state index contributed by atoms with van der Waals surface area (Å²) in [5.41, 5.74) is -2.34. The molecule has 0 aliphatic rings. The zero-order valence-electron chi connectivity index (χ0n) is 23.2. The minimum Gasteiger partial charge on any atom is -0.508 e. The second-order valence-corrected chi connectivity index (χ2v) is 10.3. The van der Waals surface area contributed by atoms with E-state index in [0.29, 0.717) is 11.6 Å². The molecule has 2 atom stereocenters. The Morgan fingerprint density at radius 1 is 0.907 bits per heavy atom. The molecule has 43 heavy (non-hydrogen) atoms. The van der Waals surface area contributed by atoms with E-state index in [2.05, 4.69) is 16.0 Å². The fraction of sp³-hybridized carbons (Fsp3) is 0.345. The SMILES string of the molecule is CC(C)CC(NC(=O)CCC(=O)O)C(=O)NC(Cc1ccc(O)cc1)C(=O)Nc1ccc2c(C(F)(F)F)cc(=O)oc2c1. The van der Waals surface area contributed by atoms with Crippen molar-refractivity contribution in [1.29, 1.82) is 0 Å². The first-order chi connectivity index (χ1) is 20.1. The van der Waals surface area contributed by atoms with Gasteiger partial charge in [-0.05, 0) is 42.2 Å². The molecule has 0 radical (unpaired) electrons. The number of aromatic hydroxyl groups is 1. The number of rotatable bonds is 12. The highest BCUT2D eigenvalue weighted by Gasteiger charge is 2.34. The molecule has 2 aromatic carbocycles. The number of carbonyl (C=O) groups is 4. The highest BCUT2D eigenvalue weighted by molar-refractivity contribution is 6.00. The molecule has 0 spiro atoms. The summed E-state index contributed by atoms with van der Waals surface area (Å²) < 4.78 is 45.1. The summed E-state index contributed by atoms with van der Waals surface area (Å²) in [5, 5.41) is 25.6. The van der Waals surface area contributed by atoms with Crippen molar-refractivity contribution in [2.45, 2.75) is 57.8 Å². The lowest BCUT2D eigenvalue weighted by molar-refractivity contribution is -0.139. The third-order valence-corrected chi connectivity index (χ3v) is 6.25. The fourth-order valence-corrected chi connectivity index (χ4v) is 4.24. The molecule has 11 nitrogen and oxygen atoms in total. The third kappa shape index (κ3) is 9.58. The van der Waals surface area contributed by atoms with Crippen LogP contribution in [0.15, 0.2) is 57.7 Å². The Hall–Kier alpha value is -4.88. The number of carbonyl (C=O) groups excluding carboxylic acids is 3. The number of anilines is 1. The van der Waals surface area contributed by atoms with Crippen molar-refractivity contribution < 1.29 is 47.0 Å². The molecule has 1 aromatic heterocycles. The molecule has 3 rings (SSSR count). The number of fused-ring (bicyclic) bond motifs is 1. The minimum atomic E-state index is -4.83. The Kier molecular flexibility index (Phi) is 10.5. The number of nitrogens with one attached hydrogen (secondary N) is 3. The van der Waals surface area contributed by atoms with E-state index in [1.165, 1.54) is 30.3 Å². The van der Waals surface area contributed by atoms with Crippen molar-refractivity contribution in [3.05, 3.63) is 70.1 Å². The Labute approximate surface area is 243 Å². The van der Waals surface area contributed by atoms with Crippen LogP contribution in [-0.2, 0) is 31.8 Å². The lowest BCUT2D eigenvalue weighted by Crippen LogP contribution is -2.53. The number of hydrogen-bond donors (Lipinski definition) is 5. The number of carboxylic acid groups (broad SMARTS) is 1. The summed E-state index contributed by atoms with van der Waals surface area (Å²) in [4.78, 5) is 61.5. The van der Waals surface area contributed by atoms with E-state index < -0.39 is 70.5 Å². The van der Waals surface area contributed by atoms with Gasteiger partial charge in [0.2, 0.25) is 17.7 Å². The maximum atomic E-state index is 13.4. The maximum absolute atomic E-state index is 13.4. The smallest absolute Gasteiger partial charge is 0.417 e. The number of halogens is 3. The van der Waals surface area contributed by atoms with Gasteiger partial charge in [0.15, 0.2) is 0 Å². The van der Waals surface area contributed by atoms with Crippen LogP contribution >= 0.6 is 0 Å². The van der Waals surface area contributed by atoms with Gasteiger partial charge in [-0.3, -0.25) is 19.2 Å². The van der Waals surface area contributed by atoms with Gasteiger partial charge < -0.3 is 30.6 Å². The summed E-state index contributed by atoms with van der Waals surface area (Å²) in [5.74, 6) is -3.47. The molecule has 230 valence electrons. The molecule has 0 saturated heterocycles. The number of amides is 3. The molecule has 0 bridgehead atoms. The Morgan fingerprint density at radius 3 is 2.19 bits per heavy atom. The van der Waals surface area contributed by atoms with Crippen LogP contribution in [0.1, 0.15) is 44.2 Å². The van der Waals surface area contributed by atoms with Crippen LogP contribution < -0.4 is 21.6 Å². The normalized spacial score (nSPS) is 12.9. The van der Waals surface area contributed by atoms with Crippen molar-refractivity contribution in [3.8, 4) is 5.75 Å². The first-order valence-corrected chi connectivity index (χ1v) is 13.2. The maximum Gasteiger partial charge on any atom is 0.417 e. The van der Waals surface area contributed by atoms with E-state index >= 15 is 0 Å². The number of alkyl halides is 3. The summed E-state index contributed by atoms with van der Waals surface area (Å²) in [7, 11) is 0. The van der Waals surface area contributed by atoms with Gasteiger partial charge in [-0.2, -0.15) is 13.2 Å². The van der Waals surface area contributed by atoms with E-state index in [1.807, 2.05) is 0 Å². The summed E-state index contributed by atoms with van der Waals surface area (Å²) >= 11 is 0. The van der Waals surface area contributed by atoms with Gasteiger partial charge in [-0.25, -0.2) is 4.79 Å². The van der Waals surface area contributed by atoms with Crippen LogP contribution in [0.25, 0.3) is 11.0 Å². The lowest BCUT2D eigenvalue weighted by atomic mass is 10.0. The average Bonchev–Trinajstić information content (AvgIpc) is 2.90. The second-order valence-electron chi connectivity index (χ2n) is 10.3. The highest BCUT2D eigenvalue weighted by Crippen LogP contribution is 2.34. The van der Waals surface area contributed by atoms with Crippen molar-refractivity contribution in [2.75, 3.05) is 5.32 Å². The number of phenolic OH excluding ortho intramolecular Hbond substituents is 1. The van der Waals surface area contributed by atoms with Crippen molar-refractivity contribution >= 4 is 40.3 Å². The fourth-order valence-electron chi connectivity index (χ4n) is 4.24. The summed E-state index contributed by atoms with van der Waals surface area (Å²) in [6.07, 6.45) is -5.54. The van der Waals surface area contributed by atoms with E-state index in [4.69, 9.17) is 9.52 Å². The Bertz CT molecular complexity index is 1550. The van der Waals surface area contributed by atoms with Crippen LogP contribution in [0.5, 0.6) is 5.75 Å². The molecular formula is C29H30F3N3O8. The number of aliphatic carboxylic acids is 1. The number of hydrogen-bond acceptors (Lipinski definition) is 7. The molecule has 0 fully saturated rings. The van der Waals surface area contributed by atoms with Gasteiger partial charge in [-0.1, -0.05) is 26.0 Å². The lowest BCUT2D eigenvalue weighted by Gasteiger charge is -2.24. The van der Waals surface area contributed by atoms with Gasteiger partial charge in [0.25, 0.3) is 0 Å². The predicted octanol–water partition coefficient (Wildman–Crippen LogP) is 3.58. The largest absolute Gasteiger partial charge is 0.508 e. The molecule has 2 unspecified atom stereocenters. The topological polar surface area (TPSA) is 175 Å². The second kappa shape index (κ2) is 13.9. The molecule has 0 aliphatic heterocycles. The molecule has 3 aromatic rings. The summed E-state index contributed by atoms with van der Waals surface area (Å²) in [6, 6.07) is 7.01. The molecule has 1 heterocycles. The van der Waals surface area contributed by atoms with Crippen molar-refractivity contribution in [3.63, 3.8) is 0 Å². The Morgan fingerprint density at radius 2 is 1.58 bits per heavy atom. The first-order valence-electron chi connectivity index (χ1n) is 13.2. The molecular weight excluding hydrogens is 575 g/mol. The van der Waals surface area contributed by atoms with E-state index in [-0.39, 0.29) is 36.6 Å². The van der Waals surface area contributed by atoms with Gasteiger partial charge >= 0.3 is 17.8 Å². The minimum absolute atomic E-state index is 0.0226. The van der Waals surface area contributed by atoms with E-state index in [9.17, 15) is 42.3 Å². The zero-order valence-corrected chi connectivity index (χ0v) is 23.2. The third-order valence-electron chi connectivity index (χ3n) is 6.25. The van der Waals surface area contributed by atoms with Crippen molar-refractivity contribution in [2.24, 2.45) is 5.92 Å². The zero-order chi connectivity index (χ0) is 31.9. The van der Waals surface area contributed by atoms with Crippen LogP contribution in [-0.4, -0.2) is 46.0 Å². The number of phenols is 1. The van der Waals surface area contributed by atoms with Crippen LogP contribution in [0, 0.1) is 5.92 Å². The molecule has 5 N–H and O–H groups in total. The highest BCUT2D eigenvalue weighted by atomic mass is 19.4. The first kappa shape index (κ1) is 32.6. The number of benzene rings is 2. The standard InChI is InChI=1S/C29H30F3N3O8/c1-15(2)11-21(34-24(37)9-10-25(38)39)28(42)35-22(12-16-3-6-18(36)7-4-16)27(41)33-17-5-8-19-20(29(30,31)32)14-26(40)43-23(19)13-17/h3-8,13-15,21-22,36H,9-12H2,1-2H3,(H,33,41)(H,34,37)(H,35,42)(H,38,39). The quantitative estimate of drug-likeness (QED) is 0.195. The summed E-state index contributed by atoms with van der Waals surface area (Å²) in [6.45, 7) is 3.60.